The zero-order chi connectivity index (χ0) is 14.7. The van der Waals surface area contributed by atoms with Crippen LogP contribution in [0.5, 0.6) is 5.88 Å². The average Bonchev–Trinajstić information content (AvgIpc) is 3.03. The van der Waals surface area contributed by atoms with E-state index in [0.29, 0.717) is 0 Å². The Balaban J connectivity index is 1.86. The molecule has 110 valence electrons. The normalized spacial score (nSPS) is 19.4. The molecule has 21 heavy (non-hydrogen) atoms. The van der Waals surface area contributed by atoms with Crippen LogP contribution in [0.1, 0.15) is 18.1 Å². The molecule has 1 unspecified atom stereocenters. The summed E-state index contributed by atoms with van der Waals surface area (Å²) < 4.78 is 32.1. The Morgan fingerprint density at radius 3 is 2.62 bits per heavy atom. The number of pyridine rings is 1. The van der Waals surface area contributed by atoms with Gasteiger partial charge >= 0.3 is 0 Å². The van der Waals surface area contributed by atoms with Crippen LogP contribution < -0.4 is 10.1 Å². The van der Waals surface area contributed by atoms with Crippen LogP contribution in [0.4, 0.5) is 8.78 Å². The third-order valence-corrected chi connectivity index (χ3v) is 3.68. The van der Waals surface area contributed by atoms with Gasteiger partial charge in [0.05, 0.1) is 0 Å². The lowest BCUT2D eigenvalue weighted by molar-refractivity contribution is 0.136. The Morgan fingerprint density at radius 2 is 1.95 bits per heavy atom. The van der Waals surface area contributed by atoms with Crippen molar-refractivity contribution in [3.63, 3.8) is 0 Å². The molecule has 1 aromatic heterocycles. The standard InChI is InChI=1S/C16H16F2N2O/c17-13-6-7-14(20-16(13)18)21-15(12-8-9-19-10-12)11-4-2-1-3-5-11/h1-7,12,15,19H,8-10H2/t12?,15-/m1/s1. The zero-order valence-electron chi connectivity index (χ0n) is 11.4. The fourth-order valence-corrected chi connectivity index (χ4v) is 2.61. The molecule has 0 radical (unpaired) electrons. The minimum absolute atomic E-state index is 0.106. The van der Waals surface area contributed by atoms with Crippen LogP contribution >= 0.6 is 0 Å². The van der Waals surface area contributed by atoms with E-state index >= 15 is 0 Å². The van der Waals surface area contributed by atoms with E-state index in [1.165, 1.54) is 6.07 Å². The first-order valence-corrected chi connectivity index (χ1v) is 6.98. The first-order chi connectivity index (χ1) is 10.2. The molecule has 1 saturated heterocycles. The maximum Gasteiger partial charge on any atom is 0.252 e. The molecule has 1 aromatic carbocycles. The molecule has 1 N–H and O–H groups in total. The molecule has 2 heterocycles. The van der Waals surface area contributed by atoms with Crippen molar-refractivity contribution in [3.05, 3.63) is 59.8 Å². The predicted octanol–water partition coefficient (Wildman–Crippen LogP) is 3.09. The minimum atomic E-state index is -1.14. The van der Waals surface area contributed by atoms with Crippen LogP contribution in [0, 0.1) is 17.7 Å². The van der Waals surface area contributed by atoms with Crippen LogP contribution in [0.15, 0.2) is 42.5 Å². The first kappa shape index (κ1) is 13.9. The molecule has 3 nitrogen and oxygen atoms in total. The Morgan fingerprint density at radius 1 is 1.14 bits per heavy atom. The fraction of sp³-hybridized carbons (Fsp3) is 0.312. The van der Waals surface area contributed by atoms with Gasteiger partial charge in [0.15, 0.2) is 5.82 Å². The van der Waals surface area contributed by atoms with Crippen molar-refractivity contribution in [2.75, 3.05) is 13.1 Å². The lowest BCUT2D eigenvalue weighted by atomic mass is 9.95. The second kappa shape index (κ2) is 6.18. The van der Waals surface area contributed by atoms with Gasteiger partial charge in [0.1, 0.15) is 6.10 Å². The van der Waals surface area contributed by atoms with Gasteiger partial charge in [-0.1, -0.05) is 30.3 Å². The minimum Gasteiger partial charge on any atom is -0.469 e. The van der Waals surface area contributed by atoms with E-state index in [9.17, 15) is 8.78 Å². The maximum atomic E-state index is 13.2. The summed E-state index contributed by atoms with van der Waals surface area (Å²) in [5, 5.41) is 3.29. The summed E-state index contributed by atoms with van der Waals surface area (Å²) in [6.07, 6.45) is 0.752. The van der Waals surface area contributed by atoms with E-state index in [4.69, 9.17) is 4.74 Å². The van der Waals surface area contributed by atoms with E-state index in [2.05, 4.69) is 10.3 Å². The number of nitrogens with zero attached hydrogens (tertiary/aromatic N) is 1. The smallest absolute Gasteiger partial charge is 0.252 e. The van der Waals surface area contributed by atoms with Gasteiger partial charge in [-0.05, 0) is 24.6 Å². The molecule has 5 heteroatoms. The van der Waals surface area contributed by atoms with Gasteiger partial charge in [-0.15, -0.1) is 0 Å². The average molecular weight is 290 g/mol. The zero-order valence-corrected chi connectivity index (χ0v) is 11.4. The summed E-state index contributed by atoms with van der Waals surface area (Å²) in [6.45, 7) is 1.77. The van der Waals surface area contributed by atoms with Gasteiger partial charge < -0.3 is 10.1 Å². The van der Waals surface area contributed by atoms with E-state index in [-0.39, 0.29) is 17.9 Å². The summed E-state index contributed by atoms with van der Waals surface area (Å²) in [7, 11) is 0. The van der Waals surface area contributed by atoms with Crippen LogP contribution in [0.2, 0.25) is 0 Å². The van der Waals surface area contributed by atoms with Crippen molar-refractivity contribution >= 4 is 0 Å². The Labute approximate surface area is 122 Å². The molecule has 0 saturated carbocycles. The largest absolute Gasteiger partial charge is 0.469 e. The molecule has 1 fully saturated rings. The third kappa shape index (κ3) is 3.19. The lowest BCUT2D eigenvalue weighted by Crippen LogP contribution is -2.21. The molecule has 2 atom stereocenters. The van der Waals surface area contributed by atoms with Crippen molar-refractivity contribution in [2.45, 2.75) is 12.5 Å². The fourth-order valence-electron chi connectivity index (χ4n) is 2.61. The third-order valence-electron chi connectivity index (χ3n) is 3.68. The molecule has 3 rings (SSSR count). The first-order valence-electron chi connectivity index (χ1n) is 6.98. The Bertz CT molecular complexity index is 600. The number of halogens is 2. The molecule has 1 aliphatic heterocycles. The van der Waals surface area contributed by atoms with Crippen molar-refractivity contribution < 1.29 is 13.5 Å². The van der Waals surface area contributed by atoms with E-state index in [1.54, 1.807) is 0 Å². The number of ether oxygens (including phenoxy) is 1. The highest BCUT2D eigenvalue weighted by Crippen LogP contribution is 2.31. The predicted molar refractivity (Wildman–Crippen MR) is 74.9 cm³/mol. The van der Waals surface area contributed by atoms with Crippen molar-refractivity contribution in [1.29, 1.82) is 0 Å². The highest BCUT2D eigenvalue weighted by molar-refractivity contribution is 5.21. The van der Waals surface area contributed by atoms with Crippen molar-refractivity contribution in [3.8, 4) is 5.88 Å². The number of aromatic nitrogens is 1. The molecule has 2 aromatic rings. The summed E-state index contributed by atoms with van der Waals surface area (Å²) in [4.78, 5) is 3.53. The van der Waals surface area contributed by atoms with Crippen LogP contribution in [-0.2, 0) is 0 Å². The van der Waals surface area contributed by atoms with Gasteiger partial charge in [-0.3, -0.25) is 0 Å². The molecule has 0 spiro atoms. The Hall–Kier alpha value is -2.01. The van der Waals surface area contributed by atoms with Crippen LogP contribution in [0.3, 0.4) is 0 Å². The van der Waals surface area contributed by atoms with E-state index in [0.717, 1.165) is 31.1 Å². The van der Waals surface area contributed by atoms with Gasteiger partial charge in [0.2, 0.25) is 5.88 Å². The van der Waals surface area contributed by atoms with E-state index in [1.807, 2.05) is 30.3 Å². The number of rotatable bonds is 4. The van der Waals surface area contributed by atoms with Gasteiger partial charge in [0, 0.05) is 18.5 Å². The second-order valence-electron chi connectivity index (χ2n) is 5.12. The quantitative estimate of drug-likeness (QED) is 0.879. The molecule has 0 amide bonds. The van der Waals surface area contributed by atoms with Gasteiger partial charge in [-0.2, -0.15) is 9.37 Å². The van der Waals surface area contributed by atoms with Gasteiger partial charge in [-0.25, -0.2) is 4.39 Å². The number of nitrogens with one attached hydrogen (secondary N) is 1. The molecular formula is C16H16F2N2O. The summed E-state index contributed by atoms with van der Waals surface area (Å²) >= 11 is 0. The van der Waals surface area contributed by atoms with Crippen molar-refractivity contribution in [2.24, 2.45) is 5.92 Å². The number of benzene rings is 1. The van der Waals surface area contributed by atoms with Gasteiger partial charge in [0.25, 0.3) is 5.95 Å². The van der Waals surface area contributed by atoms with E-state index < -0.39 is 11.8 Å². The second-order valence-corrected chi connectivity index (χ2v) is 5.12. The SMILES string of the molecule is Fc1ccc(O[C@H](c2ccccc2)C2CCNC2)nc1F. The summed E-state index contributed by atoms with van der Waals surface area (Å²) in [5.41, 5.74) is 1.01. The number of hydrogen-bond donors (Lipinski definition) is 1. The molecule has 0 bridgehead atoms. The number of hydrogen-bond acceptors (Lipinski definition) is 3. The van der Waals surface area contributed by atoms with Crippen LogP contribution in [0.25, 0.3) is 0 Å². The molecular weight excluding hydrogens is 274 g/mol. The molecule has 0 aliphatic carbocycles. The summed E-state index contributed by atoms with van der Waals surface area (Å²) in [5.74, 6) is -1.72. The topological polar surface area (TPSA) is 34.1 Å². The summed E-state index contributed by atoms with van der Waals surface area (Å²) in [6, 6.07) is 12.2. The molecule has 1 aliphatic rings. The maximum absolute atomic E-state index is 13.2. The Kier molecular flexibility index (Phi) is 4.10. The monoisotopic (exact) mass is 290 g/mol. The lowest BCUT2D eigenvalue weighted by Gasteiger charge is -2.24. The highest BCUT2D eigenvalue weighted by atomic mass is 19.2. The van der Waals surface area contributed by atoms with Crippen molar-refractivity contribution in [1.82, 2.24) is 10.3 Å². The van der Waals surface area contributed by atoms with Crippen LogP contribution in [-0.4, -0.2) is 18.1 Å². The highest BCUT2D eigenvalue weighted by Gasteiger charge is 2.28.